The first kappa shape index (κ1) is 55.2. The summed E-state index contributed by atoms with van der Waals surface area (Å²) in [6.07, 6.45) is 5.90. The lowest BCUT2D eigenvalue weighted by Crippen LogP contribution is -2.65. The van der Waals surface area contributed by atoms with Crippen LogP contribution in [0, 0.1) is 11.1 Å². The number of aromatic nitrogens is 4. The molecule has 0 spiro atoms. The molecule has 1 aliphatic heterocycles. The van der Waals surface area contributed by atoms with Crippen LogP contribution in [0.4, 0.5) is 0 Å². The number of amides is 3. The maximum Gasteiger partial charge on any atom is 0.307 e. The van der Waals surface area contributed by atoms with Crippen molar-refractivity contribution in [1.29, 1.82) is 0 Å². The molecule has 1 saturated heterocycles. The second-order valence-corrected chi connectivity index (χ2v) is 20.6. The average molecular weight is 1030 g/mol. The summed E-state index contributed by atoms with van der Waals surface area (Å²) in [5.74, 6) is -0.844. The Balaban J connectivity index is 1.17. The molecule has 1 aliphatic rings. The van der Waals surface area contributed by atoms with E-state index < -0.39 is 46.9 Å². The molecule has 386 valence electrons. The highest BCUT2D eigenvalue weighted by molar-refractivity contribution is 6.31. The molecule has 0 aliphatic carbocycles. The monoisotopic (exact) mass is 1030 g/mol. The van der Waals surface area contributed by atoms with Crippen LogP contribution in [-0.2, 0) is 61.6 Å². The molecule has 6 rings (SSSR count). The Labute approximate surface area is 432 Å². The number of likely N-dealkylation sites (tertiary alicyclic amines) is 1. The summed E-state index contributed by atoms with van der Waals surface area (Å²) >= 11 is 12.7. The van der Waals surface area contributed by atoms with Gasteiger partial charge in [0, 0.05) is 75.0 Å². The van der Waals surface area contributed by atoms with Crippen LogP contribution in [0.1, 0.15) is 69.6 Å². The molecule has 17 nitrogen and oxygen atoms in total. The zero-order valence-corrected chi connectivity index (χ0v) is 44.1. The van der Waals surface area contributed by atoms with E-state index in [9.17, 15) is 24.4 Å². The van der Waals surface area contributed by atoms with Gasteiger partial charge in [-0.05, 0) is 103 Å². The van der Waals surface area contributed by atoms with Gasteiger partial charge in [0.1, 0.15) is 29.0 Å². The lowest BCUT2D eigenvalue weighted by atomic mass is 9.80. The molecule has 3 amide bonds. The van der Waals surface area contributed by atoms with Crippen molar-refractivity contribution < 1.29 is 38.1 Å². The van der Waals surface area contributed by atoms with Gasteiger partial charge < -0.3 is 49.3 Å². The molecular formula is C53H67Cl2N9O8. The van der Waals surface area contributed by atoms with Crippen LogP contribution in [0.25, 0.3) is 11.4 Å². The minimum atomic E-state index is -1.11. The summed E-state index contributed by atoms with van der Waals surface area (Å²) in [5.41, 5.74) is 1.76. The molecule has 0 saturated carbocycles. The van der Waals surface area contributed by atoms with Crippen LogP contribution in [0.5, 0.6) is 11.5 Å². The fourth-order valence-corrected chi connectivity index (χ4v) is 9.14. The Bertz CT molecular complexity index is 2660. The zero-order valence-electron chi connectivity index (χ0n) is 42.6. The molecule has 2 aromatic carbocycles. The summed E-state index contributed by atoms with van der Waals surface area (Å²) < 4.78 is 20.2. The van der Waals surface area contributed by atoms with Gasteiger partial charge in [-0.1, -0.05) is 47.5 Å². The number of benzene rings is 2. The highest BCUT2D eigenvalue weighted by Gasteiger charge is 2.46. The number of likely N-dealkylation sites (N-methyl/N-ethyl adjacent to an activating group) is 1. The molecule has 3 unspecified atom stereocenters. The second kappa shape index (κ2) is 24.5. The number of nitrogens with one attached hydrogen (secondary N) is 2. The Morgan fingerprint density at radius 1 is 0.972 bits per heavy atom. The van der Waals surface area contributed by atoms with E-state index in [1.165, 1.54) is 13.3 Å². The Morgan fingerprint density at radius 2 is 1.71 bits per heavy atom. The summed E-state index contributed by atoms with van der Waals surface area (Å²) in [4.78, 5) is 71.3. The largest absolute Gasteiger partial charge is 0.619 e. The minimum absolute atomic E-state index is 0.00448. The van der Waals surface area contributed by atoms with Crippen molar-refractivity contribution >= 4 is 46.9 Å². The average Bonchev–Trinajstić information content (AvgIpc) is 3.69. The maximum atomic E-state index is 14.8. The summed E-state index contributed by atoms with van der Waals surface area (Å²) in [6.45, 7) is 8.17. The highest BCUT2D eigenvalue weighted by Crippen LogP contribution is 2.34. The van der Waals surface area contributed by atoms with Crippen LogP contribution in [-0.4, -0.2) is 124 Å². The molecule has 72 heavy (non-hydrogen) atoms. The number of methoxy groups -OCH3 is 1. The first-order valence-corrected chi connectivity index (χ1v) is 24.7. The van der Waals surface area contributed by atoms with Gasteiger partial charge in [0.2, 0.25) is 17.7 Å². The Morgan fingerprint density at radius 3 is 2.38 bits per heavy atom. The van der Waals surface area contributed by atoms with Crippen molar-refractivity contribution in [2.24, 2.45) is 13.0 Å². The number of hydrogen-bond donors (Lipinski definition) is 2. The Hall–Kier alpha value is -6.11. The smallest absolute Gasteiger partial charge is 0.307 e. The fraction of sp³-hybridized carbons (Fsp3) is 0.453. The molecule has 0 bridgehead atoms. The SMILES string of the molecule is COCC(NC(=O)C(C)NCc1ccc(Cl)cc1Oc1ccc(-c2cnc(CN(C)C)n2C)nc1)C(=O)N(C)[C@@]1(Cc2ccc(Cl)cc2)CCCN(C(=O)C(CC(=O)OC(C)(C)C)Cc2cccc[n+]2[O-])C1. The van der Waals surface area contributed by atoms with Gasteiger partial charge in [-0.25, -0.2) is 4.98 Å². The van der Waals surface area contributed by atoms with Crippen molar-refractivity contribution in [3.05, 3.63) is 129 Å². The molecule has 19 heteroatoms. The number of carbonyl (C=O) groups is 4. The van der Waals surface area contributed by atoms with Gasteiger partial charge in [-0.2, -0.15) is 4.73 Å². The molecule has 5 aromatic rings. The molecule has 1 fully saturated rings. The van der Waals surface area contributed by atoms with E-state index >= 15 is 0 Å². The summed E-state index contributed by atoms with van der Waals surface area (Å²) in [5, 5.41) is 20.0. The van der Waals surface area contributed by atoms with Crippen molar-refractivity contribution in [2.75, 3.05) is 47.9 Å². The van der Waals surface area contributed by atoms with Gasteiger partial charge in [-0.15, -0.1) is 0 Å². The number of halogens is 2. The van der Waals surface area contributed by atoms with E-state index in [0.29, 0.717) is 64.3 Å². The topological polar surface area (TPSA) is 187 Å². The number of hydrogen-bond acceptors (Lipinski definition) is 12. The standard InChI is InChI=1S/C53H67Cl2N9O8/c1-35(56-29-37-16-19-40(55)27-46(37)71-42-20-21-43(57-30-42)45-31-58-47(61(45)7)32-60(5)6)49(66)59-44(33-70-9)51(68)62(8)53(28-36-14-17-39(54)18-15-36)22-12-23-63(34-53)50(67)38(26-48(65)72-52(2,3)4)25-41-13-10-11-24-64(41)69/h10-11,13-21,24,27,30-31,35,38,44,56H,12,22-23,25-26,28-29,32-34H2,1-9H3,(H,59,66)/t35?,38?,44?,53-/m1/s1. The number of esters is 1. The van der Waals surface area contributed by atoms with Gasteiger partial charge in [0.15, 0.2) is 11.9 Å². The third kappa shape index (κ3) is 14.7. The maximum absolute atomic E-state index is 14.8. The van der Waals surface area contributed by atoms with Gasteiger partial charge in [0.05, 0.1) is 60.9 Å². The molecule has 4 atom stereocenters. The van der Waals surface area contributed by atoms with Crippen LogP contribution < -0.4 is 20.1 Å². The first-order valence-electron chi connectivity index (χ1n) is 24.0. The molecular weight excluding hydrogens is 962 g/mol. The van der Waals surface area contributed by atoms with E-state index in [2.05, 4.69) is 20.6 Å². The molecule has 2 N–H and O–H groups in total. The summed E-state index contributed by atoms with van der Waals surface area (Å²) in [7, 11) is 9.06. The van der Waals surface area contributed by atoms with Crippen LogP contribution in [0.15, 0.2) is 91.4 Å². The summed E-state index contributed by atoms with van der Waals surface area (Å²) in [6, 6.07) is 19.3. The Kier molecular flexibility index (Phi) is 18.8. The van der Waals surface area contributed by atoms with Crippen LogP contribution >= 0.6 is 23.2 Å². The van der Waals surface area contributed by atoms with Crippen molar-refractivity contribution in [3.63, 3.8) is 0 Å². The van der Waals surface area contributed by atoms with Crippen molar-refractivity contribution in [3.8, 4) is 22.9 Å². The number of imidazole rings is 1. The minimum Gasteiger partial charge on any atom is -0.619 e. The molecule has 4 heterocycles. The van der Waals surface area contributed by atoms with Crippen molar-refractivity contribution in [2.45, 2.75) is 96.1 Å². The van der Waals surface area contributed by atoms with Crippen LogP contribution in [0.2, 0.25) is 10.0 Å². The number of carbonyl (C=O) groups excluding carboxylic acids is 4. The quantitative estimate of drug-likeness (QED) is 0.0460. The second-order valence-electron chi connectivity index (χ2n) is 19.7. The van der Waals surface area contributed by atoms with E-state index in [0.717, 1.165) is 28.3 Å². The fourth-order valence-electron chi connectivity index (χ4n) is 8.85. The number of ether oxygens (including phenoxy) is 3. The van der Waals surface area contributed by atoms with Gasteiger partial charge >= 0.3 is 5.97 Å². The highest BCUT2D eigenvalue weighted by atomic mass is 35.5. The van der Waals surface area contributed by atoms with E-state index in [-0.39, 0.29) is 38.4 Å². The number of rotatable bonds is 21. The normalized spacial score (nSPS) is 16.2. The molecule has 0 radical (unpaired) electrons. The lowest BCUT2D eigenvalue weighted by Gasteiger charge is -2.49. The zero-order chi connectivity index (χ0) is 52.3. The van der Waals surface area contributed by atoms with E-state index in [4.69, 9.17) is 37.4 Å². The van der Waals surface area contributed by atoms with Crippen molar-refractivity contribution in [1.82, 2.24) is 39.9 Å². The third-order valence-corrected chi connectivity index (χ3v) is 13.1. The van der Waals surface area contributed by atoms with Gasteiger partial charge in [-0.3, -0.25) is 24.2 Å². The van der Waals surface area contributed by atoms with Gasteiger partial charge in [0.25, 0.3) is 0 Å². The number of pyridine rings is 2. The van der Waals surface area contributed by atoms with E-state index in [1.807, 2.05) is 60.9 Å². The predicted octanol–water partition coefficient (Wildman–Crippen LogP) is 6.54. The van der Waals surface area contributed by atoms with E-state index in [1.54, 1.807) is 99.4 Å². The predicted molar refractivity (Wildman–Crippen MR) is 275 cm³/mol. The lowest BCUT2D eigenvalue weighted by molar-refractivity contribution is -0.614. The number of nitrogens with zero attached hydrogens (tertiary/aromatic N) is 7. The van der Waals surface area contributed by atoms with Crippen LogP contribution in [0.3, 0.4) is 0 Å². The first-order chi connectivity index (χ1) is 34.1. The number of piperidine rings is 1. The third-order valence-electron chi connectivity index (χ3n) is 12.6. The molecule has 3 aromatic heterocycles.